The highest BCUT2D eigenvalue weighted by molar-refractivity contribution is 6.00. The number of aliphatic hydroxyl groups is 1. The van der Waals surface area contributed by atoms with Gasteiger partial charge in [0.15, 0.2) is 0 Å². The van der Waals surface area contributed by atoms with Gasteiger partial charge in [-0.05, 0) is 104 Å². The molecule has 13 atom stereocenters. The number of H-pyrrole nitrogens is 1. The second-order valence-electron chi connectivity index (χ2n) is 29.9. The molecule has 19 N–H and O–H groups in total. The number of nitrogens with one attached hydrogen (secondary N) is 12. The van der Waals surface area contributed by atoms with Gasteiger partial charge in [-0.1, -0.05) is 138 Å². The van der Waals surface area contributed by atoms with Gasteiger partial charge in [-0.15, -0.1) is 0 Å². The molecule has 0 bridgehead atoms. The average molecular weight is 1510 g/mol. The Bertz CT molecular complexity index is 3590. The van der Waals surface area contributed by atoms with E-state index in [0.717, 1.165) is 4.90 Å². The molecule has 0 spiro atoms. The van der Waals surface area contributed by atoms with E-state index in [-0.39, 0.29) is 75.2 Å². The molecular formula is C75H115N15O18. The van der Waals surface area contributed by atoms with E-state index in [4.69, 9.17) is 11.5 Å². The van der Waals surface area contributed by atoms with E-state index in [1.165, 1.54) is 0 Å². The van der Waals surface area contributed by atoms with E-state index < -0.39 is 212 Å². The topological polar surface area (TPSA) is 520 Å². The molecule has 4 rings (SSSR count). The van der Waals surface area contributed by atoms with Crippen LogP contribution < -0.4 is 70.0 Å². The number of carbonyl (C=O) groups excluding carboxylic acids is 13. The van der Waals surface area contributed by atoms with Crippen molar-refractivity contribution in [3.63, 3.8) is 0 Å². The van der Waals surface area contributed by atoms with E-state index in [1.54, 1.807) is 102 Å². The fourth-order valence-electron chi connectivity index (χ4n) is 12.4. The number of aliphatic hydroxyl groups excluding tert-OH is 1. The van der Waals surface area contributed by atoms with Gasteiger partial charge in [0, 0.05) is 49.3 Å². The number of likely N-dealkylation sites (tertiary alicyclic amines) is 1. The summed E-state index contributed by atoms with van der Waals surface area (Å²) in [6.45, 7) is 19.4. The Labute approximate surface area is 630 Å². The van der Waals surface area contributed by atoms with Crippen LogP contribution in [0.3, 0.4) is 0 Å². The number of benzene rings is 2. The zero-order valence-electron chi connectivity index (χ0n) is 64.0. The van der Waals surface area contributed by atoms with Gasteiger partial charge in [0.2, 0.25) is 76.8 Å². The maximum absolute atomic E-state index is 14.9. The molecular weight excluding hydrogens is 1400 g/mol. The second kappa shape index (κ2) is 44.3. The molecule has 2 heterocycles. The summed E-state index contributed by atoms with van der Waals surface area (Å²) in [4.78, 5) is 211. The van der Waals surface area contributed by atoms with Crippen LogP contribution in [0.1, 0.15) is 165 Å². The maximum Gasteiger partial charge on any atom is 0.326 e. The van der Waals surface area contributed by atoms with Gasteiger partial charge in [-0.3, -0.25) is 67.1 Å². The van der Waals surface area contributed by atoms with E-state index in [1.807, 2.05) is 41.5 Å². The predicted molar refractivity (Wildman–Crippen MR) is 399 cm³/mol. The van der Waals surface area contributed by atoms with Crippen LogP contribution in [0.2, 0.25) is 0 Å². The first-order valence-corrected chi connectivity index (χ1v) is 37.1. The minimum atomic E-state index is -1.88. The Morgan fingerprint density at radius 2 is 1.01 bits per heavy atom. The van der Waals surface area contributed by atoms with Crippen molar-refractivity contribution in [1.82, 2.24) is 68.4 Å². The third-order valence-electron chi connectivity index (χ3n) is 18.4. The molecule has 1 aromatic heterocycles. The molecule has 1 aliphatic heterocycles. The number of hydrogen-bond acceptors (Lipinski definition) is 17. The van der Waals surface area contributed by atoms with Crippen LogP contribution in [0.4, 0.5) is 0 Å². The third kappa shape index (κ3) is 29.6. The molecule has 108 heavy (non-hydrogen) atoms. The van der Waals surface area contributed by atoms with Crippen molar-refractivity contribution in [2.45, 2.75) is 239 Å². The van der Waals surface area contributed by atoms with E-state index in [0.29, 0.717) is 34.9 Å². The zero-order chi connectivity index (χ0) is 80.8. The monoisotopic (exact) mass is 1510 g/mol. The molecule has 0 aliphatic carbocycles. The number of aliphatic carboxylic acids is 2. The maximum atomic E-state index is 14.9. The summed E-state index contributed by atoms with van der Waals surface area (Å²) >= 11 is 0. The first kappa shape index (κ1) is 90.3. The Morgan fingerprint density at radius 1 is 0.519 bits per heavy atom. The van der Waals surface area contributed by atoms with Crippen molar-refractivity contribution in [3.05, 3.63) is 71.9 Å². The molecule has 1 fully saturated rings. The summed E-state index contributed by atoms with van der Waals surface area (Å²) in [6.07, 6.45) is 0.361. The molecule has 1 saturated heterocycles. The number of para-hydroxylation sites is 1. The van der Waals surface area contributed by atoms with Crippen molar-refractivity contribution >= 4 is 99.6 Å². The summed E-state index contributed by atoms with van der Waals surface area (Å²) in [5.74, 6) is -15.7. The molecule has 1 aliphatic rings. The van der Waals surface area contributed by atoms with Crippen molar-refractivity contribution in [3.8, 4) is 0 Å². The van der Waals surface area contributed by atoms with Crippen molar-refractivity contribution in [1.29, 1.82) is 0 Å². The van der Waals surface area contributed by atoms with Gasteiger partial charge in [0.05, 0.1) is 19.2 Å². The summed E-state index contributed by atoms with van der Waals surface area (Å²) in [5, 5.41) is 59.6. The molecule has 2 aromatic carbocycles. The lowest BCUT2D eigenvalue weighted by atomic mass is 9.95. The summed E-state index contributed by atoms with van der Waals surface area (Å²) in [5.41, 5.74) is 13.4. The number of carboxylic acid groups (broad SMARTS) is 2. The highest BCUT2D eigenvalue weighted by atomic mass is 16.4. The largest absolute Gasteiger partial charge is 0.481 e. The minimum absolute atomic E-state index is 0.0385. The van der Waals surface area contributed by atoms with Crippen molar-refractivity contribution in [2.24, 2.45) is 47.0 Å². The number of fused-ring (bicyclic) bond motifs is 1. The normalized spacial score (nSPS) is 16.2. The quantitative estimate of drug-likeness (QED) is 0.0362. The lowest BCUT2D eigenvalue weighted by Crippen LogP contribution is -2.62. The molecule has 13 amide bonds. The Kier molecular flexibility index (Phi) is 37.1. The molecule has 33 heteroatoms. The fraction of sp³-hybridized carbons (Fsp3) is 0.613. The first-order chi connectivity index (χ1) is 50.8. The second-order valence-corrected chi connectivity index (χ2v) is 29.9. The van der Waals surface area contributed by atoms with E-state index >= 15 is 0 Å². The SMILES string of the molecule is CC[C@H](C)[C@H](NC(=O)[C@H](CC(C)C)NC(=O)[C@H](CC(C)C)NC(=O)[C@@H](N)CC(C)C)C(=O)N[C@@H](CCC(N)=O)C(=O)N[C@@H](CO)C(=O)N[C@@H](Cc1c[nH]c2ccccc12)C(=O)N[C@@H](CC(C)C)C(=O)N[C@@H](CCC(=O)O)C(=O)N1CCC[C@H]1C(=O)N[C@H](C(=O)NCC(=O)N[C@@H](Cc1ccccc1)C(=O)O)C(C)C. The van der Waals surface area contributed by atoms with Crippen LogP contribution in [0.5, 0.6) is 0 Å². The predicted octanol–water partition coefficient (Wildman–Crippen LogP) is 0.329. The lowest BCUT2D eigenvalue weighted by Gasteiger charge is -2.31. The highest BCUT2D eigenvalue weighted by Crippen LogP contribution is 2.24. The Balaban J connectivity index is 1.58. The average Bonchev–Trinajstić information content (AvgIpc) is 1.47. The smallest absolute Gasteiger partial charge is 0.326 e. The number of aromatic nitrogens is 1. The van der Waals surface area contributed by atoms with Crippen LogP contribution in [-0.2, 0) is 84.8 Å². The zero-order valence-corrected chi connectivity index (χ0v) is 64.0. The molecule has 0 unspecified atom stereocenters. The van der Waals surface area contributed by atoms with Crippen LogP contribution in [0.15, 0.2) is 60.8 Å². The van der Waals surface area contributed by atoms with Crippen molar-refractivity contribution in [2.75, 3.05) is 19.7 Å². The Morgan fingerprint density at radius 3 is 1.55 bits per heavy atom. The first-order valence-electron chi connectivity index (χ1n) is 37.1. The molecule has 33 nitrogen and oxygen atoms in total. The standard InChI is InChI=1S/C75H115N15O18/c1-13-44(12)63(89-69(101)54(33-42(8)9)85-67(99)52(31-40(4)5)83-64(96)48(76)30-39(2)3)73(105)81-50(25-27-59(77)92)65(97)87-57(38-91)70(102)86-55(35-46-36-78-49-23-18-17-22-47(46)49)68(100)84-53(32-41(6)7)66(98)82-51(26-28-61(94)95)74(106)90-29-19-24-58(90)71(103)88-62(43(10)11)72(104)79-37-60(93)80-56(75(107)108)34-45-20-15-14-16-21-45/h14-18,20-23,36,39-44,48,50-58,62-63,78,91H,13,19,24-35,37-38,76H2,1-12H3,(H2,77,92)(H,79,104)(H,80,93)(H,81,105)(H,82,98)(H,83,96)(H,84,100)(H,85,99)(H,86,102)(H,87,97)(H,88,103)(H,89,101)(H,94,95)(H,107,108)/t44-,48-,50-,51-,52-,53-,54-,55-,56-,57-,58-,62-,63-/m0/s1. The number of amides is 13. The van der Waals surface area contributed by atoms with Crippen molar-refractivity contribution < 1.29 is 87.2 Å². The van der Waals surface area contributed by atoms with Gasteiger partial charge < -0.3 is 95.2 Å². The molecule has 0 radical (unpaired) electrons. The van der Waals surface area contributed by atoms with Gasteiger partial charge in [-0.2, -0.15) is 0 Å². The van der Waals surface area contributed by atoms with Crippen LogP contribution in [-0.4, -0.2) is 206 Å². The number of rotatable bonds is 46. The molecule has 598 valence electrons. The van der Waals surface area contributed by atoms with Gasteiger partial charge in [0.1, 0.15) is 66.5 Å². The number of carboxylic acids is 2. The van der Waals surface area contributed by atoms with Crippen LogP contribution >= 0.6 is 0 Å². The number of hydrogen-bond donors (Lipinski definition) is 17. The summed E-state index contributed by atoms with van der Waals surface area (Å²) < 4.78 is 0. The van der Waals surface area contributed by atoms with Gasteiger partial charge in [-0.25, -0.2) is 4.79 Å². The fourth-order valence-corrected chi connectivity index (χ4v) is 12.4. The number of aromatic amines is 1. The van der Waals surface area contributed by atoms with E-state index in [2.05, 4.69) is 63.5 Å². The van der Waals surface area contributed by atoms with Crippen LogP contribution in [0.25, 0.3) is 10.9 Å². The van der Waals surface area contributed by atoms with Crippen LogP contribution in [0, 0.1) is 35.5 Å². The van der Waals surface area contributed by atoms with E-state index in [9.17, 15) is 87.2 Å². The number of nitrogens with zero attached hydrogens (tertiary/aromatic N) is 1. The summed E-state index contributed by atoms with van der Waals surface area (Å²) in [6, 6.07) is -1.18. The highest BCUT2D eigenvalue weighted by Gasteiger charge is 2.42. The number of primary amides is 1. The minimum Gasteiger partial charge on any atom is -0.481 e. The molecule has 3 aromatic rings. The number of carbonyl (C=O) groups is 15. The third-order valence-corrected chi connectivity index (χ3v) is 18.4. The Hall–Kier alpha value is -10.1. The number of nitrogens with two attached hydrogens (primary N) is 2. The lowest BCUT2D eigenvalue weighted by molar-refractivity contribution is -0.144. The van der Waals surface area contributed by atoms with Gasteiger partial charge in [0.25, 0.3) is 0 Å². The van der Waals surface area contributed by atoms with Gasteiger partial charge >= 0.3 is 11.9 Å². The molecule has 0 saturated carbocycles. The summed E-state index contributed by atoms with van der Waals surface area (Å²) in [7, 11) is 0.